The lowest BCUT2D eigenvalue weighted by Crippen LogP contribution is -2.33. The Kier molecular flexibility index (Phi) is 8.39. The molecule has 32 heavy (non-hydrogen) atoms. The number of esters is 1. The van der Waals surface area contributed by atoms with Crippen LogP contribution in [0.2, 0.25) is 0 Å². The smallest absolute Gasteiger partial charge is 0.324 e. The van der Waals surface area contributed by atoms with Crippen molar-refractivity contribution >= 4 is 34.8 Å². The summed E-state index contributed by atoms with van der Waals surface area (Å²) in [5, 5.41) is 6.58. The second-order valence-electron chi connectivity index (χ2n) is 8.28. The molecule has 1 atom stereocenters. The minimum absolute atomic E-state index is 0.0674. The highest BCUT2D eigenvalue weighted by atomic mass is 32.1. The van der Waals surface area contributed by atoms with Crippen LogP contribution in [0.15, 0.2) is 28.7 Å². The lowest BCUT2D eigenvalue weighted by molar-refractivity contribution is -0.149. The average molecular weight is 469 g/mol. The normalized spacial score (nSPS) is 13.0. The summed E-state index contributed by atoms with van der Waals surface area (Å²) in [6.07, 6.45) is 1.63. The number of nitrogens with zero attached hydrogens (tertiary/aromatic N) is 2. The molecule has 2 amide bonds. The van der Waals surface area contributed by atoms with Gasteiger partial charge < -0.3 is 15.4 Å². The molecule has 0 aliphatic heterocycles. The van der Waals surface area contributed by atoms with E-state index >= 15 is 0 Å². The van der Waals surface area contributed by atoms with Crippen molar-refractivity contribution in [3.8, 4) is 0 Å². The fraction of sp³-hybridized carbons (Fsp3) is 0.429. The summed E-state index contributed by atoms with van der Waals surface area (Å²) in [7, 11) is 1.61. The predicted octanol–water partition coefficient (Wildman–Crippen LogP) is 3.05. The van der Waals surface area contributed by atoms with Gasteiger partial charge in [-0.25, -0.2) is 8.78 Å². The zero-order valence-electron chi connectivity index (χ0n) is 18.5. The maximum atomic E-state index is 14.4. The number of nitrogens with one attached hydrogen (secondary N) is 2. The zero-order valence-corrected chi connectivity index (χ0v) is 19.3. The van der Waals surface area contributed by atoms with Gasteiger partial charge in [0.25, 0.3) is 5.91 Å². The summed E-state index contributed by atoms with van der Waals surface area (Å²) in [5.41, 5.74) is -1.30. The average Bonchev–Trinajstić information content (AvgIpc) is 3.13. The van der Waals surface area contributed by atoms with Crippen LogP contribution < -0.4 is 15.4 Å². The summed E-state index contributed by atoms with van der Waals surface area (Å²) >= 11 is 1.09. The number of amides is 2. The van der Waals surface area contributed by atoms with Crippen LogP contribution in [0.5, 0.6) is 0 Å². The Morgan fingerprint density at radius 3 is 2.41 bits per heavy atom. The molecule has 0 saturated heterocycles. The number of hydrogen-bond donors (Lipinski definition) is 2. The van der Waals surface area contributed by atoms with Crippen molar-refractivity contribution in [3.63, 3.8) is 0 Å². The number of hydrogen-bond acceptors (Lipinski definition) is 6. The van der Waals surface area contributed by atoms with Gasteiger partial charge in [-0.1, -0.05) is 20.8 Å². The van der Waals surface area contributed by atoms with Crippen LogP contribution in [-0.4, -0.2) is 35.4 Å². The Labute approximate surface area is 188 Å². The van der Waals surface area contributed by atoms with E-state index in [0.717, 1.165) is 23.5 Å². The van der Waals surface area contributed by atoms with Gasteiger partial charge in [-0.2, -0.15) is 4.99 Å². The minimum Gasteiger partial charge on any atom is -0.443 e. The number of aromatic nitrogens is 1. The van der Waals surface area contributed by atoms with Crippen LogP contribution in [0, 0.1) is 17.0 Å². The van der Waals surface area contributed by atoms with Crippen molar-refractivity contribution in [2.24, 2.45) is 10.4 Å². The first-order valence-corrected chi connectivity index (χ1v) is 10.6. The molecule has 0 bridgehead atoms. The first kappa shape index (κ1) is 25.3. The zero-order chi connectivity index (χ0) is 24.1. The number of carbonyl (C=O) groups excluding carboxylic acids is 3. The highest BCUT2D eigenvalue weighted by molar-refractivity contribution is 7.07. The third-order valence-corrected chi connectivity index (χ3v) is 5.03. The number of thiazole rings is 1. The summed E-state index contributed by atoms with van der Waals surface area (Å²) < 4.78 is 35.4. The van der Waals surface area contributed by atoms with Gasteiger partial charge in [0.15, 0.2) is 23.2 Å². The van der Waals surface area contributed by atoms with Crippen LogP contribution in [-0.2, 0) is 21.1 Å². The van der Waals surface area contributed by atoms with Crippen LogP contribution in [0.25, 0.3) is 0 Å². The molecule has 11 heteroatoms. The molecule has 0 aliphatic rings. The van der Waals surface area contributed by atoms with Crippen LogP contribution >= 0.6 is 11.3 Å². The first-order chi connectivity index (χ1) is 14.9. The van der Waals surface area contributed by atoms with Crippen molar-refractivity contribution in [1.82, 2.24) is 9.88 Å². The van der Waals surface area contributed by atoms with Crippen LogP contribution in [0.4, 0.5) is 14.5 Å². The number of ether oxygens (including phenoxy) is 1. The molecule has 0 radical (unpaired) electrons. The number of halogens is 2. The molecule has 0 fully saturated rings. The molecule has 174 valence electrons. The largest absolute Gasteiger partial charge is 0.443 e. The highest BCUT2D eigenvalue weighted by Crippen LogP contribution is 2.24. The monoisotopic (exact) mass is 468 g/mol. The van der Waals surface area contributed by atoms with Gasteiger partial charge in [-0.05, 0) is 31.5 Å². The SMILES string of the molecule is CNC(C)C(=O)OCn1ccsc1=NC(=O)c1cc(F)c(NC(=O)CC(C)(C)C)c(F)c1. The lowest BCUT2D eigenvalue weighted by atomic mass is 9.92. The van der Waals surface area contributed by atoms with E-state index in [9.17, 15) is 23.2 Å². The number of anilines is 1. The lowest BCUT2D eigenvalue weighted by Gasteiger charge is -2.17. The molecular formula is C21H26F2N4O4S. The molecule has 1 unspecified atom stereocenters. The van der Waals surface area contributed by atoms with Crippen molar-refractivity contribution in [2.75, 3.05) is 12.4 Å². The van der Waals surface area contributed by atoms with E-state index in [4.69, 9.17) is 4.74 Å². The second kappa shape index (κ2) is 10.6. The first-order valence-electron chi connectivity index (χ1n) is 9.77. The van der Waals surface area contributed by atoms with E-state index in [1.54, 1.807) is 25.5 Å². The van der Waals surface area contributed by atoms with Crippen LogP contribution in [0.1, 0.15) is 44.5 Å². The summed E-state index contributed by atoms with van der Waals surface area (Å²) in [5.74, 6) is -4.08. The van der Waals surface area contributed by atoms with Gasteiger partial charge in [-0.15, -0.1) is 11.3 Å². The number of carbonyl (C=O) groups is 3. The van der Waals surface area contributed by atoms with E-state index in [1.807, 2.05) is 20.8 Å². The molecule has 2 rings (SSSR count). The summed E-state index contributed by atoms with van der Waals surface area (Å²) in [6, 6.07) is 1.12. The Balaban J connectivity index is 2.19. The van der Waals surface area contributed by atoms with Gasteiger partial charge in [0.1, 0.15) is 11.7 Å². The fourth-order valence-electron chi connectivity index (χ4n) is 2.49. The number of likely N-dealkylation sites (N-methyl/N-ethyl adjacent to an activating group) is 1. The maximum Gasteiger partial charge on any atom is 0.324 e. The van der Waals surface area contributed by atoms with E-state index in [2.05, 4.69) is 15.6 Å². The van der Waals surface area contributed by atoms with E-state index in [1.165, 1.54) is 4.57 Å². The molecule has 1 aromatic carbocycles. The minimum atomic E-state index is -1.08. The number of benzene rings is 1. The number of rotatable bonds is 7. The molecule has 0 aliphatic carbocycles. The quantitative estimate of drug-likeness (QED) is 0.608. The third-order valence-electron chi connectivity index (χ3n) is 4.23. The van der Waals surface area contributed by atoms with Crippen molar-refractivity contribution in [3.05, 3.63) is 45.7 Å². The topological polar surface area (TPSA) is 102 Å². The van der Waals surface area contributed by atoms with Gasteiger partial charge >= 0.3 is 5.97 Å². The molecule has 0 spiro atoms. The molecule has 1 heterocycles. The molecule has 0 saturated carbocycles. The highest BCUT2D eigenvalue weighted by Gasteiger charge is 2.21. The molecule has 1 aromatic heterocycles. The molecule has 2 aromatic rings. The van der Waals surface area contributed by atoms with Crippen molar-refractivity contribution in [1.29, 1.82) is 0 Å². The van der Waals surface area contributed by atoms with E-state index in [0.29, 0.717) is 0 Å². The fourth-order valence-corrected chi connectivity index (χ4v) is 3.21. The standard InChI is InChI=1S/C21H26F2N4O4S/c1-12(24-5)19(30)31-11-27-6-7-32-20(27)26-18(29)13-8-14(22)17(15(23)9-13)25-16(28)10-21(2,3)4/h6-9,12,24H,10-11H2,1-5H3,(H,25,28). The summed E-state index contributed by atoms with van der Waals surface area (Å²) in [6.45, 7) is 6.92. The molecule has 8 nitrogen and oxygen atoms in total. The van der Waals surface area contributed by atoms with Crippen molar-refractivity contribution in [2.45, 2.75) is 46.9 Å². The van der Waals surface area contributed by atoms with Crippen LogP contribution in [0.3, 0.4) is 0 Å². The van der Waals surface area contributed by atoms with E-state index in [-0.39, 0.29) is 28.9 Å². The molecular weight excluding hydrogens is 442 g/mol. The second-order valence-corrected chi connectivity index (χ2v) is 9.15. The Morgan fingerprint density at radius 2 is 1.84 bits per heavy atom. The van der Waals surface area contributed by atoms with Crippen molar-refractivity contribution < 1.29 is 27.9 Å². The van der Waals surface area contributed by atoms with E-state index < -0.39 is 41.1 Å². The summed E-state index contributed by atoms with van der Waals surface area (Å²) in [4.78, 5) is 40.3. The van der Waals surface area contributed by atoms with Gasteiger partial charge in [0.2, 0.25) is 5.91 Å². The van der Waals surface area contributed by atoms with Gasteiger partial charge in [-0.3, -0.25) is 19.0 Å². The maximum absolute atomic E-state index is 14.4. The molecule has 2 N–H and O–H groups in total. The Morgan fingerprint density at radius 1 is 1.22 bits per heavy atom. The Hall–Kier alpha value is -2.92. The Bertz CT molecular complexity index is 1050. The van der Waals surface area contributed by atoms with Gasteiger partial charge in [0, 0.05) is 23.6 Å². The van der Waals surface area contributed by atoms with Gasteiger partial charge in [0.05, 0.1) is 0 Å². The predicted molar refractivity (Wildman–Crippen MR) is 116 cm³/mol. The third kappa shape index (κ3) is 7.06.